The van der Waals surface area contributed by atoms with Crippen LogP contribution in [0.15, 0.2) is 40.8 Å². The van der Waals surface area contributed by atoms with Crippen molar-refractivity contribution in [1.29, 1.82) is 0 Å². The molecule has 0 bridgehead atoms. The van der Waals surface area contributed by atoms with Crippen molar-refractivity contribution in [1.82, 2.24) is 20.4 Å². The van der Waals surface area contributed by atoms with Gasteiger partial charge in [-0.1, -0.05) is 12.1 Å². The van der Waals surface area contributed by atoms with Gasteiger partial charge in [-0.3, -0.25) is 0 Å². The van der Waals surface area contributed by atoms with Gasteiger partial charge in [0.05, 0.1) is 11.0 Å². The smallest absolute Gasteiger partial charge is 0.416 e. The number of hydrogen-bond donors (Lipinski definition) is 1. The number of aliphatic hydroxyl groups is 1. The van der Waals surface area contributed by atoms with Gasteiger partial charge in [0.1, 0.15) is 12.3 Å². The summed E-state index contributed by atoms with van der Waals surface area (Å²) in [4.78, 5) is 1.62. The minimum atomic E-state index is -4.64. The van der Waals surface area contributed by atoms with Crippen LogP contribution in [-0.4, -0.2) is 44.8 Å². The third-order valence-corrected chi connectivity index (χ3v) is 5.72. The van der Waals surface area contributed by atoms with E-state index in [1.807, 2.05) is 0 Å². The molecule has 0 aliphatic carbocycles. The van der Waals surface area contributed by atoms with E-state index in [0.29, 0.717) is 18.0 Å². The van der Waals surface area contributed by atoms with E-state index in [0.717, 1.165) is 12.1 Å². The summed E-state index contributed by atoms with van der Waals surface area (Å²) in [6.07, 6.45) is -9.97. The Morgan fingerprint density at radius 3 is 2.03 bits per heavy atom. The van der Waals surface area contributed by atoms with Crippen LogP contribution >= 0.6 is 0 Å². The fourth-order valence-corrected chi connectivity index (χ4v) is 3.86. The molecule has 0 radical (unpaired) electrons. The summed E-state index contributed by atoms with van der Waals surface area (Å²) in [6, 6.07) is 6.23. The Bertz CT molecular complexity index is 1090. The third kappa shape index (κ3) is 4.36. The third-order valence-electron chi connectivity index (χ3n) is 5.72. The molecule has 1 aliphatic heterocycles. The highest BCUT2D eigenvalue weighted by Crippen LogP contribution is 2.49. The summed E-state index contributed by atoms with van der Waals surface area (Å²) in [5, 5.41) is 24.2. The van der Waals surface area contributed by atoms with Crippen LogP contribution < -0.4 is 4.90 Å². The summed E-state index contributed by atoms with van der Waals surface area (Å²) in [6.45, 7) is -0.486. The van der Waals surface area contributed by atoms with Gasteiger partial charge >= 0.3 is 12.4 Å². The monoisotopic (exact) mass is 473 g/mol. The van der Waals surface area contributed by atoms with E-state index in [1.165, 1.54) is 6.07 Å². The summed E-state index contributed by atoms with van der Waals surface area (Å²) >= 11 is 0. The Morgan fingerprint density at radius 1 is 0.879 bits per heavy atom. The zero-order chi connectivity index (χ0) is 23.9. The SMILES string of the molecule is OCc1nnc(-c2ccc(N3CCC(c4ccc(C(F)(F)F)cc4)(C(F)(F)F)CC3)nn2)o1. The molecule has 7 nitrogen and oxygen atoms in total. The Labute approximate surface area is 183 Å². The van der Waals surface area contributed by atoms with Crippen LogP contribution in [0.2, 0.25) is 0 Å². The highest BCUT2D eigenvalue weighted by molar-refractivity contribution is 5.49. The second kappa shape index (κ2) is 8.28. The maximum atomic E-state index is 14.1. The molecule has 176 valence electrons. The number of nitrogens with zero attached hydrogens (tertiary/aromatic N) is 5. The van der Waals surface area contributed by atoms with Crippen molar-refractivity contribution in [3.05, 3.63) is 53.4 Å². The van der Waals surface area contributed by atoms with Crippen molar-refractivity contribution in [3.8, 4) is 11.6 Å². The molecule has 0 atom stereocenters. The summed E-state index contributed by atoms with van der Waals surface area (Å²) < 4.78 is 85.9. The van der Waals surface area contributed by atoms with Crippen LogP contribution in [0.3, 0.4) is 0 Å². The molecule has 1 saturated heterocycles. The second-order valence-corrected chi connectivity index (χ2v) is 7.58. The van der Waals surface area contributed by atoms with Gasteiger partial charge in [0, 0.05) is 13.1 Å². The van der Waals surface area contributed by atoms with Crippen LogP contribution in [0.5, 0.6) is 0 Å². The molecule has 0 unspecified atom stereocenters. The van der Waals surface area contributed by atoms with Gasteiger partial charge < -0.3 is 14.4 Å². The van der Waals surface area contributed by atoms with Crippen molar-refractivity contribution < 1.29 is 35.9 Å². The standard InChI is InChI=1S/C20H17F6N5O2/c21-19(22,23)13-3-1-12(2-4-13)18(20(24,25)26)7-9-31(10-8-18)15-6-5-14(27-28-15)17-30-29-16(11-32)33-17/h1-6,32H,7-11H2. The molecule has 13 heteroatoms. The number of piperidine rings is 1. The first-order valence-corrected chi connectivity index (χ1v) is 9.80. The number of rotatable bonds is 4. The molecular formula is C20H17F6N5O2. The highest BCUT2D eigenvalue weighted by Gasteiger charge is 2.56. The Balaban J connectivity index is 1.52. The van der Waals surface area contributed by atoms with Gasteiger partial charge in [-0.05, 0) is 42.7 Å². The van der Waals surface area contributed by atoms with Crippen molar-refractivity contribution >= 4 is 5.82 Å². The zero-order valence-corrected chi connectivity index (χ0v) is 16.9. The van der Waals surface area contributed by atoms with Crippen LogP contribution in [0, 0.1) is 0 Å². The lowest BCUT2D eigenvalue weighted by Gasteiger charge is -2.43. The lowest BCUT2D eigenvalue weighted by Crippen LogP contribution is -2.51. The maximum Gasteiger partial charge on any atom is 0.416 e. The molecule has 1 N–H and O–H groups in total. The molecular weight excluding hydrogens is 456 g/mol. The zero-order valence-electron chi connectivity index (χ0n) is 16.9. The number of benzene rings is 1. The molecule has 33 heavy (non-hydrogen) atoms. The number of aliphatic hydroxyl groups excluding tert-OH is 1. The van der Waals surface area contributed by atoms with E-state index >= 15 is 0 Å². The number of hydrogen-bond acceptors (Lipinski definition) is 7. The molecule has 2 aromatic heterocycles. The first kappa shape index (κ1) is 23.0. The fourth-order valence-electron chi connectivity index (χ4n) is 3.86. The van der Waals surface area contributed by atoms with Crippen LogP contribution in [0.25, 0.3) is 11.6 Å². The number of halogens is 6. The average molecular weight is 473 g/mol. The minimum Gasteiger partial charge on any atom is -0.417 e. The van der Waals surface area contributed by atoms with E-state index in [4.69, 9.17) is 9.52 Å². The predicted molar refractivity (Wildman–Crippen MR) is 102 cm³/mol. The molecule has 1 fully saturated rings. The van der Waals surface area contributed by atoms with Crippen LogP contribution in [-0.2, 0) is 18.2 Å². The average Bonchev–Trinajstić information content (AvgIpc) is 3.27. The van der Waals surface area contributed by atoms with E-state index in [9.17, 15) is 26.3 Å². The lowest BCUT2D eigenvalue weighted by atomic mass is 9.72. The molecule has 4 rings (SSSR count). The van der Waals surface area contributed by atoms with Crippen molar-refractivity contribution in [2.75, 3.05) is 18.0 Å². The van der Waals surface area contributed by atoms with E-state index in [-0.39, 0.29) is 49.0 Å². The Kier molecular flexibility index (Phi) is 5.76. The van der Waals surface area contributed by atoms with Gasteiger partial charge in [-0.2, -0.15) is 26.3 Å². The van der Waals surface area contributed by atoms with Crippen molar-refractivity contribution in [2.24, 2.45) is 0 Å². The number of aromatic nitrogens is 4. The second-order valence-electron chi connectivity index (χ2n) is 7.58. The number of anilines is 1. The van der Waals surface area contributed by atoms with Gasteiger partial charge in [-0.15, -0.1) is 20.4 Å². The maximum absolute atomic E-state index is 14.1. The Hall–Kier alpha value is -3.22. The van der Waals surface area contributed by atoms with E-state index in [2.05, 4.69) is 20.4 Å². The first-order chi connectivity index (χ1) is 15.5. The topological polar surface area (TPSA) is 88.2 Å². The molecule has 0 spiro atoms. The molecule has 1 aromatic carbocycles. The van der Waals surface area contributed by atoms with Gasteiger partial charge in [0.25, 0.3) is 5.89 Å². The largest absolute Gasteiger partial charge is 0.417 e. The molecule has 3 aromatic rings. The Morgan fingerprint density at radius 2 is 1.55 bits per heavy atom. The van der Waals surface area contributed by atoms with E-state index in [1.54, 1.807) is 11.0 Å². The molecule has 0 amide bonds. The number of alkyl halides is 6. The fraction of sp³-hybridized carbons (Fsp3) is 0.400. The quantitative estimate of drug-likeness (QED) is 0.570. The minimum absolute atomic E-state index is 0.00124. The van der Waals surface area contributed by atoms with Crippen molar-refractivity contribution in [2.45, 2.75) is 37.2 Å². The predicted octanol–water partition coefficient (Wildman–Crippen LogP) is 4.14. The van der Waals surface area contributed by atoms with E-state index < -0.39 is 29.9 Å². The van der Waals surface area contributed by atoms with Crippen LogP contribution in [0.4, 0.5) is 32.2 Å². The summed E-state index contributed by atoms with van der Waals surface area (Å²) in [5.41, 5.74) is -3.22. The normalized spacial score (nSPS) is 16.8. The summed E-state index contributed by atoms with van der Waals surface area (Å²) in [5.74, 6) is 0.373. The summed E-state index contributed by atoms with van der Waals surface area (Å²) in [7, 11) is 0. The van der Waals surface area contributed by atoms with Crippen molar-refractivity contribution in [3.63, 3.8) is 0 Å². The molecule has 0 saturated carbocycles. The lowest BCUT2D eigenvalue weighted by molar-refractivity contribution is -0.196. The first-order valence-electron chi connectivity index (χ1n) is 9.80. The van der Waals surface area contributed by atoms with Gasteiger partial charge in [-0.25, -0.2) is 0 Å². The molecule has 1 aliphatic rings. The molecule has 3 heterocycles. The van der Waals surface area contributed by atoms with Gasteiger partial charge in [0.15, 0.2) is 5.82 Å². The highest BCUT2D eigenvalue weighted by atomic mass is 19.4. The van der Waals surface area contributed by atoms with Gasteiger partial charge in [0.2, 0.25) is 5.89 Å². The van der Waals surface area contributed by atoms with Crippen LogP contribution in [0.1, 0.15) is 29.9 Å².